The maximum Gasteiger partial charge on any atom is 0.415 e. The zero-order chi connectivity index (χ0) is 9.42. The number of ether oxygens (including phenoxy) is 1. The van der Waals surface area contributed by atoms with Gasteiger partial charge in [0.25, 0.3) is 5.91 Å². The van der Waals surface area contributed by atoms with Crippen molar-refractivity contribution >= 4 is 23.3 Å². The molecule has 1 atom stereocenters. The van der Waals surface area contributed by atoms with Gasteiger partial charge in [-0.25, -0.2) is 4.79 Å². The van der Waals surface area contributed by atoms with Gasteiger partial charge in [-0.3, -0.25) is 10.1 Å². The van der Waals surface area contributed by atoms with Gasteiger partial charge in [0.15, 0.2) is 5.13 Å². The lowest BCUT2D eigenvalue weighted by molar-refractivity contribution is -0.123. The highest BCUT2D eigenvalue weighted by atomic mass is 32.1. The largest absolute Gasteiger partial charge is 0.431 e. The number of cyclic esters (lactones) is 1. The molecule has 4 nitrogen and oxygen atoms in total. The Morgan fingerprint density at radius 3 is 2.77 bits per heavy atom. The molecular weight excluding hydrogens is 197 g/mol. The molecule has 0 spiro atoms. The van der Waals surface area contributed by atoms with Gasteiger partial charge >= 0.3 is 6.09 Å². The Hall–Kier alpha value is -1.43. The third-order valence-electron chi connectivity index (χ3n) is 1.58. The predicted molar refractivity (Wildman–Crippen MR) is 41.6 cm³/mol. The fraction of sp³-hybridized carbons (Fsp3) is 0.143. The first kappa shape index (κ1) is 8.18. The number of hydrogen-bond acceptors (Lipinski definition) is 4. The van der Waals surface area contributed by atoms with Crippen LogP contribution in [0.5, 0.6) is 0 Å². The number of carbonyl (C=O) groups excluding carboxylic acids is 2. The molecular formula is C7H4FNO3S. The van der Waals surface area contributed by atoms with E-state index in [9.17, 15) is 14.0 Å². The normalized spacial score (nSPS) is 21.5. The molecule has 1 saturated heterocycles. The number of hydrogen-bond donors (Lipinski definition) is 1. The molecule has 1 unspecified atom stereocenters. The SMILES string of the molecule is O=C1NC(=O)C(c2csc(F)c2)O1. The Morgan fingerprint density at radius 1 is 1.54 bits per heavy atom. The third-order valence-corrected chi connectivity index (χ3v) is 2.31. The monoisotopic (exact) mass is 201 g/mol. The minimum Gasteiger partial charge on any atom is -0.431 e. The summed E-state index contributed by atoms with van der Waals surface area (Å²) in [4.78, 5) is 21.6. The van der Waals surface area contributed by atoms with Crippen LogP contribution in [0.1, 0.15) is 11.7 Å². The Balaban J connectivity index is 2.27. The number of nitrogens with one attached hydrogen (secondary N) is 1. The maximum absolute atomic E-state index is 12.6. The second-order valence-corrected chi connectivity index (χ2v) is 3.32. The molecule has 2 heterocycles. The summed E-state index contributed by atoms with van der Waals surface area (Å²) in [7, 11) is 0. The molecule has 13 heavy (non-hydrogen) atoms. The third kappa shape index (κ3) is 1.40. The van der Waals surface area contributed by atoms with Crippen molar-refractivity contribution in [3.8, 4) is 0 Å². The van der Waals surface area contributed by atoms with E-state index in [1.807, 2.05) is 5.32 Å². The summed E-state index contributed by atoms with van der Waals surface area (Å²) in [6, 6.07) is 1.17. The van der Waals surface area contributed by atoms with Crippen LogP contribution in [-0.2, 0) is 9.53 Å². The molecule has 1 fully saturated rings. The fourth-order valence-corrected chi connectivity index (χ4v) is 1.68. The maximum atomic E-state index is 12.6. The van der Waals surface area contributed by atoms with Crippen molar-refractivity contribution in [2.45, 2.75) is 6.10 Å². The van der Waals surface area contributed by atoms with Gasteiger partial charge in [-0.05, 0) is 6.07 Å². The molecule has 0 radical (unpaired) electrons. The summed E-state index contributed by atoms with van der Waals surface area (Å²) in [6.45, 7) is 0. The van der Waals surface area contributed by atoms with Gasteiger partial charge in [0.2, 0.25) is 6.10 Å². The van der Waals surface area contributed by atoms with Gasteiger partial charge in [0, 0.05) is 10.9 Å². The molecule has 0 aliphatic carbocycles. The van der Waals surface area contributed by atoms with Gasteiger partial charge in [-0.1, -0.05) is 0 Å². The Morgan fingerprint density at radius 2 is 2.31 bits per heavy atom. The Kier molecular flexibility index (Phi) is 1.77. The van der Waals surface area contributed by atoms with Crippen LogP contribution in [0, 0.1) is 5.13 Å². The molecule has 0 bridgehead atoms. The van der Waals surface area contributed by atoms with Crippen molar-refractivity contribution in [3.05, 3.63) is 22.1 Å². The highest BCUT2D eigenvalue weighted by Gasteiger charge is 2.34. The quantitative estimate of drug-likeness (QED) is 0.742. The van der Waals surface area contributed by atoms with Crippen LogP contribution < -0.4 is 5.32 Å². The molecule has 1 N–H and O–H groups in total. The second kappa shape index (κ2) is 2.81. The standard InChI is InChI=1S/C7H4FNO3S/c8-4-1-3(2-13-4)5-6(10)9-7(11)12-5/h1-2,5H,(H,9,10,11). The number of rotatable bonds is 1. The highest BCUT2D eigenvalue weighted by molar-refractivity contribution is 7.08. The van der Waals surface area contributed by atoms with Gasteiger partial charge in [-0.15, -0.1) is 11.3 Å². The summed E-state index contributed by atoms with van der Waals surface area (Å²) in [6.07, 6.45) is -1.78. The summed E-state index contributed by atoms with van der Waals surface area (Å²) in [5, 5.41) is 2.99. The number of thiophene rings is 1. The van der Waals surface area contributed by atoms with E-state index in [1.165, 1.54) is 11.4 Å². The van der Waals surface area contributed by atoms with Crippen molar-refractivity contribution in [1.82, 2.24) is 5.32 Å². The molecule has 0 aromatic carbocycles. The number of amides is 2. The van der Waals surface area contributed by atoms with Gasteiger partial charge < -0.3 is 4.74 Å². The van der Waals surface area contributed by atoms with Crippen LogP contribution in [0.2, 0.25) is 0 Å². The first-order valence-electron chi connectivity index (χ1n) is 3.42. The number of alkyl carbamates (subject to hydrolysis) is 1. The van der Waals surface area contributed by atoms with Crippen LogP contribution in [0.4, 0.5) is 9.18 Å². The van der Waals surface area contributed by atoms with Gasteiger partial charge in [-0.2, -0.15) is 4.39 Å². The number of imide groups is 1. The van der Waals surface area contributed by atoms with E-state index in [0.717, 1.165) is 11.3 Å². The second-order valence-electron chi connectivity index (χ2n) is 2.46. The number of halogens is 1. The van der Waals surface area contributed by atoms with Gasteiger partial charge in [0.05, 0.1) is 0 Å². The average Bonchev–Trinajstić information content (AvgIpc) is 2.58. The van der Waals surface area contributed by atoms with E-state index in [1.54, 1.807) is 0 Å². The van der Waals surface area contributed by atoms with E-state index in [4.69, 9.17) is 0 Å². The molecule has 6 heteroatoms. The number of carbonyl (C=O) groups is 2. The lowest BCUT2D eigenvalue weighted by Crippen LogP contribution is -2.20. The molecule has 1 aromatic rings. The average molecular weight is 201 g/mol. The highest BCUT2D eigenvalue weighted by Crippen LogP contribution is 2.25. The van der Waals surface area contributed by atoms with Crippen molar-refractivity contribution in [2.24, 2.45) is 0 Å². The van der Waals surface area contributed by atoms with Crippen molar-refractivity contribution in [1.29, 1.82) is 0 Å². The first-order valence-corrected chi connectivity index (χ1v) is 4.30. The molecule has 2 rings (SSSR count). The van der Waals surface area contributed by atoms with Crippen molar-refractivity contribution < 1.29 is 18.7 Å². The molecule has 68 valence electrons. The lowest BCUT2D eigenvalue weighted by atomic mass is 10.2. The summed E-state index contributed by atoms with van der Waals surface area (Å²) in [5.41, 5.74) is 0.367. The van der Waals surface area contributed by atoms with E-state index >= 15 is 0 Å². The summed E-state index contributed by atoms with van der Waals surface area (Å²) >= 11 is 0.857. The van der Waals surface area contributed by atoms with Gasteiger partial charge in [0.1, 0.15) is 0 Å². The molecule has 0 saturated carbocycles. The molecule has 2 amide bonds. The smallest absolute Gasteiger partial charge is 0.415 e. The van der Waals surface area contributed by atoms with Crippen LogP contribution >= 0.6 is 11.3 Å². The predicted octanol–water partition coefficient (Wildman–Crippen LogP) is 1.19. The minimum absolute atomic E-state index is 0.367. The zero-order valence-electron chi connectivity index (χ0n) is 6.24. The van der Waals surface area contributed by atoms with Crippen LogP contribution in [0.25, 0.3) is 0 Å². The Labute approximate surface area is 76.3 Å². The molecule has 1 aliphatic heterocycles. The fourth-order valence-electron chi connectivity index (χ4n) is 1.04. The topological polar surface area (TPSA) is 55.4 Å². The Bertz CT molecular complexity index is 376. The van der Waals surface area contributed by atoms with E-state index in [0.29, 0.717) is 5.56 Å². The molecule has 1 aliphatic rings. The van der Waals surface area contributed by atoms with Crippen LogP contribution in [0.15, 0.2) is 11.4 Å². The van der Waals surface area contributed by atoms with Crippen molar-refractivity contribution in [2.75, 3.05) is 0 Å². The summed E-state index contributed by atoms with van der Waals surface area (Å²) < 4.78 is 17.2. The summed E-state index contributed by atoms with van der Waals surface area (Å²) in [5.74, 6) is -0.553. The zero-order valence-corrected chi connectivity index (χ0v) is 7.06. The lowest BCUT2D eigenvalue weighted by Gasteiger charge is -2.00. The van der Waals surface area contributed by atoms with Crippen molar-refractivity contribution in [3.63, 3.8) is 0 Å². The molecule has 1 aromatic heterocycles. The first-order chi connectivity index (χ1) is 6.16. The van der Waals surface area contributed by atoms with E-state index in [2.05, 4.69) is 4.74 Å². The van der Waals surface area contributed by atoms with E-state index < -0.39 is 23.2 Å². The van der Waals surface area contributed by atoms with E-state index in [-0.39, 0.29) is 0 Å². The minimum atomic E-state index is -0.992. The van der Waals surface area contributed by atoms with Crippen LogP contribution in [-0.4, -0.2) is 12.0 Å². The van der Waals surface area contributed by atoms with Crippen LogP contribution in [0.3, 0.4) is 0 Å².